The number of nitrogens with one attached hydrogen (secondary N) is 2. The van der Waals surface area contributed by atoms with Gasteiger partial charge < -0.3 is 9.88 Å². The van der Waals surface area contributed by atoms with Crippen molar-refractivity contribution < 1.29 is 4.79 Å². The number of carbonyl (C=O) groups excluding carboxylic acids is 1. The molecule has 6 nitrogen and oxygen atoms in total. The summed E-state index contributed by atoms with van der Waals surface area (Å²) < 4.78 is 2.96. The number of rotatable bonds is 4. The smallest absolute Gasteiger partial charge is 0.268 e. The minimum Gasteiger partial charge on any atom is -0.343 e. The lowest BCUT2D eigenvalue weighted by molar-refractivity contribution is 0.0940. The van der Waals surface area contributed by atoms with Crippen LogP contribution in [-0.2, 0) is 6.54 Å². The van der Waals surface area contributed by atoms with Crippen molar-refractivity contribution in [3.63, 3.8) is 0 Å². The molecule has 1 aliphatic rings. The Kier molecular flexibility index (Phi) is 2.91. The number of carbonyl (C=O) groups is 1. The van der Waals surface area contributed by atoms with Crippen LogP contribution in [0.4, 0.5) is 0 Å². The zero-order valence-electron chi connectivity index (χ0n) is 9.56. The maximum Gasteiger partial charge on any atom is 0.268 e. The van der Waals surface area contributed by atoms with E-state index in [4.69, 9.17) is 0 Å². The molecular formula is C11H12BrN5O. The maximum atomic E-state index is 12.1. The Bertz CT molecular complexity index is 558. The van der Waals surface area contributed by atoms with Crippen LogP contribution in [0.5, 0.6) is 0 Å². The summed E-state index contributed by atoms with van der Waals surface area (Å²) in [5, 5.41) is 9.26. The molecule has 18 heavy (non-hydrogen) atoms. The molecule has 0 radical (unpaired) electrons. The van der Waals surface area contributed by atoms with E-state index in [1.807, 2.05) is 16.8 Å². The summed E-state index contributed by atoms with van der Waals surface area (Å²) in [6.45, 7) is 0.353. The number of aromatic nitrogens is 4. The van der Waals surface area contributed by atoms with E-state index < -0.39 is 0 Å². The van der Waals surface area contributed by atoms with Crippen LogP contribution in [0.15, 0.2) is 23.1 Å². The van der Waals surface area contributed by atoms with Gasteiger partial charge in [0.15, 0.2) is 0 Å². The summed E-state index contributed by atoms with van der Waals surface area (Å²) in [6, 6.07) is 2.32. The highest BCUT2D eigenvalue weighted by Crippen LogP contribution is 2.37. The summed E-state index contributed by atoms with van der Waals surface area (Å²) >= 11 is 3.41. The minimum atomic E-state index is -0.0935. The second kappa shape index (κ2) is 4.56. The number of aromatic amines is 1. The molecule has 7 heteroatoms. The number of hydrogen-bond donors (Lipinski definition) is 2. The molecule has 0 bridgehead atoms. The summed E-state index contributed by atoms with van der Waals surface area (Å²) in [5.41, 5.74) is 0.684. The van der Waals surface area contributed by atoms with E-state index in [0.717, 1.165) is 17.3 Å². The predicted molar refractivity (Wildman–Crippen MR) is 68.0 cm³/mol. The molecule has 0 unspecified atom stereocenters. The largest absolute Gasteiger partial charge is 0.343 e. The Labute approximate surface area is 112 Å². The molecule has 1 amide bonds. The SMILES string of the molecule is O=C(NCc1ncn[nH]1)c1cc(Br)cn1C1CC1. The topological polar surface area (TPSA) is 75.6 Å². The average Bonchev–Trinajstić information content (AvgIpc) is 2.92. The first-order valence-corrected chi connectivity index (χ1v) is 6.53. The van der Waals surface area contributed by atoms with Crippen LogP contribution in [0.25, 0.3) is 0 Å². The van der Waals surface area contributed by atoms with Gasteiger partial charge >= 0.3 is 0 Å². The highest BCUT2D eigenvalue weighted by Gasteiger charge is 2.27. The first-order chi connectivity index (χ1) is 8.74. The van der Waals surface area contributed by atoms with Crippen LogP contribution in [0.2, 0.25) is 0 Å². The number of H-pyrrole nitrogens is 1. The fourth-order valence-electron chi connectivity index (χ4n) is 1.85. The van der Waals surface area contributed by atoms with E-state index in [0.29, 0.717) is 24.1 Å². The fraction of sp³-hybridized carbons (Fsp3) is 0.364. The Hall–Kier alpha value is -1.63. The molecule has 2 heterocycles. The van der Waals surface area contributed by atoms with Gasteiger partial charge in [0.1, 0.15) is 17.8 Å². The molecule has 2 aromatic heterocycles. The van der Waals surface area contributed by atoms with Gasteiger partial charge in [0.25, 0.3) is 5.91 Å². The molecule has 0 aliphatic heterocycles. The molecule has 2 N–H and O–H groups in total. The lowest BCUT2D eigenvalue weighted by atomic mass is 10.4. The highest BCUT2D eigenvalue weighted by molar-refractivity contribution is 9.10. The normalized spacial score (nSPS) is 14.7. The van der Waals surface area contributed by atoms with Crippen LogP contribution in [0.1, 0.15) is 35.2 Å². The molecular weight excluding hydrogens is 298 g/mol. The summed E-state index contributed by atoms with van der Waals surface area (Å²) in [4.78, 5) is 16.1. The van der Waals surface area contributed by atoms with Gasteiger partial charge in [-0.3, -0.25) is 9.89 Å². The average molecular weight is 310 g/mol. The van der Waals surface area contributed by atoms with E-state index >= 15 is 0 Å². The Morgan fingerprint density at radius 2 is 2.44 bits per heavy atom. The number of hydrogen-bond acceptors (Lipinski definition) is 3. The highest BCUT2D eigenvalue weighted by atomic mass is 79.9. The first kappa shape index (κ1) is 11.5. The van der Waals surface area contributed by atoms with Crippen molar-refractivity contribution in [3.8, 4) is 0 Å². The van der Waals surface area contributed by atoms with Crippen molar-refractivity contribution >= 4 is 21.8 Å². The first-order valence-electron chi connectivity index (χ1n) is 5.74. The third-order valence-electron chi connectivity index (χ3n) is 2.87. The Balaban J connectivity index is 1.71. The Morgan fingerprint density at radius 3 is 3.11 bits per heavy atom. The van der Waals surface area contributed by atoms with E-state index in [2.05, 4.69) is 36.4 Å². The van der Waals surface area contributed by atoms with Crippen LogP contribution in [-0.4, -0.2) is 25.7 Å². The standard InChI is InChI=1S/C11H12BrN5O/c12-7-3-9(17(5-7)8-1-2-8)11(18)13-4-10-14-6-15-16-10/h3,5-6,8H,1-2,4H2,(H,13,18)(H,14,15,16). The van der Waals surface area contributed by atoms with E-state index in [1.54, 1.807) is 0 Å². The van der Waals surface area contributed by atoms with Crippen molar-refractivity contribution in [1.29, 1.82) is 0 Å². The molecule has 0 atom stereocenters. The Morgan fingerprint density at radius 1 is 1.61 bits per heavy atom. The molecule has 1 fully saturated rings. The van der Waals surface area contributed by atoms with Crippen molar-refractivity contribution in [2.24, 2.45) is 0 Å². The van der Waals surface area contributed by atoms with Crippen molar-refractivity contribution in [1.82, 2.24) is 25.1 Å². The van der Waals surface area contributed by atoms with Gasteiger partial charge in [-0.15, -0.1) is 0 Å². The van der Waals surface area contributed by atoms with E-state index in [-0.39, 0.29) is 5.91 Å². The third-order valence-corrected chi connectivity index (χ3v) is 3.30. The van der Waals surface area contributed by atoms with E-state index in [9.17, 15) is 4.79 Å². The molecule has 94 valence electrons. The molecule has 3 rings (SSSR count). The minimum absolute atomic E-state index is 0.0935. The lowest BCUT2D eigenvalue weighted by Gasteiger charge is -2.07. The summed E-state index contributed by atoms with van der Waals surface area (Å²) in [5.74, 6) is 0.552. The van der Waals surface area contributed by atoms with Gasteiger partial charge in [-0.2, -0.15) is 5.10 Å². The monoisotopic (exact) mass is 309 g/mol. The van der Waals surface area contributed by atoms with Gasteiger partial charge in [0, 0.05) is 16.7 Å². The van der Waals surface area contributed by atoms with Crippen molar-refractivity contribution in [3.05, 3.63) is 34.6 Å². The van der Waals surface area contributed by atoms with Crippen LogP contribution in [0, 0.1) is 0 Å². The second-order valence-corrected chi connectivity index (χ2v) is 5.21. The molecule has 1 aliphatic carbocycles. The van der Waals surface area contributed by atoms with Crippen LogP contribution >= 0.6 is 15.9 Å². The van der Waals surface area contributed by atoms with Gasteiger partial charge in [0.05, 0.1) is 6.54 Å². The molecule has 0 aromatic carbocycles. The van der Waals surface area contributed by atoms with Gasteiger partial charge in [-0.05, 0) is 34.8 Å². The molecule has 1 saturated carbocycles. The summed E-state index contributed by atoms with van der Waals surface area (Å²) in [7, 11) is 0. The van der Waals surface area contributed by atoms with Crippen molar-refractivity contribution in [2.45, 2.75) is 25.4 Å². The number of nitrogens with zero attached hydrogens (tertiary/aromatic N) is 3. The molecule has 2 aromatic rings. The van der Waals surface area contributed by atoms with Crippen molar-refractivity contribution in [2.75, 3.05) is 0 Å². The van der Waals surface area contributed by atoms with Crippen LogP contribution in [0.3, 0.4) is 0 Å². The number of amides is 1. The van der Waals surface area contributed by atoms with Gasteiger partial charge in [-0.1, -0.05) is 0 Å². The second-order valence-electron chi connectivity index (χ2n) is 4.30. The lowest BCUT2D eigenvalue weighted by Crippen LogP contribution is -2.25. The van der Waals surface area contributed by atoms with Gasteiger partial charge in [0.2, 0.25) is 0 Å². The van der Waals surface area contributed by atoms with Crippen LogP contribution < -0.4 is 5.32 Å². The molecule has 0 spiro atoms. The fourth-order valence-corrected chi connectivity index (χ4v) is 2.29. The predicted octanol–water partition coefficient (Wildman–Crippen LogP) is 1.63. The third kappa shape index (κ3) is 2.31. The van der Waals surface area contributed by atoms with Gasteiger partial charge in [-0.25, -0.2) is 4.98 Å². The molecule has 0 saturated heterocycles. The van der Waals surface area contributed by atoms with E-state index in [1.165, 1.54) is 6.33 Å². The quantitative estimate of drug-likeness (QED) is 0.901. The maximum absolute atomic E-state index is 12.1. The number of halogens is 1. The summed E-state index contributed by atoms with van der Waals surface area (Å²) in [6.07, 6.45) is 5.67. The zero-order valence-corrected chi connectivity index (χ0v) is 11.1. The zero-order chi connectivity index (χ0) is 12.5.